The van der Waals surface area contributed by atoms with Gasteiger partial charge < -0.3 is 29.6 Å². The largest absolute Gasteiger partial charge is 0.554 e. The van der Waals surface area contributed by atoms with Crippen molar-refractivity contribution in [2.24, 2.45) is 0 Å². The molecule has 2 N–H and O–H groups in total. The summed E-state index contributed by atoms with van der Waals surface area (Å²) in [5, 5.41) is 37.6. The smallest absolute Gasteiger partial charge is 0.236 e. The van der Waals surface area contributed by atoms with Gasteiger partial charge in [-0.2, -0.15) is 4.57 Å². The van der Waals surface area contributed by atoms with Crippen molar-refractivity contribution in [3.63, 3.8) is 0 Å². The molecule has 5 atom stereocenters. The quantitative estimate of drug-likeness (QED) is 0.287. The van der Waals surface area contributed by atoms with E-state index < -0.39 is 60.6 Å². The fourth-order valence-electron chi connectivity index (χ4n) is 4.88. The van der Waals surface area contributed by atoms with Crippen LogP contribution in [0.1, 0.15) is 31.3 Å². The number of aromatic nitrogens is 4. The summed E-state index contributed by atoms with van der Waals surface area (Å²) < 4.78 is 56.6. The highest BCUT2D eigenvalue weighted by Gasteiger charge is 2.62. The van der Waals surface area contributed by atoms with Crippen LogP contribution in [0.2, 0.25) is 0 Å². The second-order valence-corrected chi connectivity index (χ2v) is 8.64. The monoisotopic (exact) mass is 522 g/mol. The Labute approximate surface area is 209 Å². The van der Waals surface area contributed by atoms with E-state index in [1.54, 1.807) is 0 Å². The molecule has 198 valence electrons. The van der Waals surface area contributed by atoms with Gasteiger partial charge in [-0.1, -0.05) is 11.3 Å². The van der Waals surface area contributed by atoms with Gasteiger partial charge in [0.1, 0.15) is 23.9 Å². The summed E-state index contributed by atoms with van der Waals surface area (Å²) in [6, 6.07) is 5.75. The van der Waals surface area contributed by atoms with E-state index in [1.807, 2.05) is 35.2 Å². The minimum Gasteiger partial charge on any atom is -0.554 e. The number of hydrogen-bond donors (Lipinski definition) is 2. The second kappa shape index (κ2) is 11.3. The summed E-state index contributed by atoms with van der Waals surface area (Å²) in [6.07, 6.45) is 5.07. The van der Waals surface area contributed by atoms with Crippen molar-refractivity contribution in [1.29, 1.82) is 0 Å². The molecule has 2 aromatic heterocycles. The van der Waals surface area contributed by atoms with E-state index >= 15 is 0 Å². The minimum absolute atomic E-state index is 0.00421. The molecule has 2 aliphatic rings. The highest BCUT2D eigenvalue weighted by atomic mass is 19.2. The molecule has 1 spiro atoms. The fraction of sp³-hybridized carbons (Fsp3) is 0.417. The summed E-state index contributed by atoms with van der Waals surface area (Å²) in [7, 11) is 0. The molecule has 2 saturated heterocycles. The van der Waals surface area contributed by atoms with E-state index in [4.69, 9.17) is 19.4 Å². The number of halogens is 3. The summed E-state index contributed by atoms with van der Waals surface area (Å²) >= 11 is 0. The number of pyridine rings is 1. The first-order valence-electron chi connectivity index (χ1n) is 11.5. The Balaban J connectivity index is 0.00000102. The van der Waals surface area contributed by atoms with Gasteiger partial charge >= 0.3 is 0 Å². The normalized spacial score (nSPS) is 27.4. The van der Waals surface area contributed by atoms with Crippen LogP contribution in [0, 0.1) is 17.5 Å². The topological polar surface area (TPSA) is 134 Å². The summed E-state index contributed by atoms with van der Waals surface area (Å²) in [4.78, 5) is 8.25. The van der Waals surface area contributed by atoms with Crippen LogP contribution in [0.15, 0.2) is 48.9 Å². The summed E-state index contributed by atoms with van der Waals surface area (Å²) in [5.74, 6) is -5.41. The van der Waals surface area contributed by atoms with Crippen molar-refractivity contribution < 1.29 is 47.3 Å². The molecule has 3 aromatic rings. The lowest BCUT2D eigenvalue weighted by Crippen LogP contribution is -2.68. The van der Waals surface area contributed by atoms with Gasteiger partial charge in [0.2, 0.25) is 11.8 Å². The Kier molecular flexibility index (Phi) is 8.17. The van der Waals surface area contributed by atoms with Gasteiger partial charge in [0.05, 0.1) is 19.4 Å². The number of carboxylic acid groups (broad SMARTS) is 1. The number of hydrogen-bond acceptors (Lipinski definition) is 8. The first-order chi connectivity index (χ1) is 17.8. The number of carbonyl (C=O) groups excluding carboxylic acids is 1. The highest BCUT2D eigenvalue weighted by molar-refractivity contribution is 5.57. The molecule has 4 heterocycles. The number of carbonyl (C=O) groups is 1. The van der Waals surface area contributed by atoms with E-state index in [0.29, 0.717) is 13.0 Å². The molecule has 1 aromatic carbocycles. The maximum atomic E-state index is 13.8. The van der Waals surface area contributed by atoms with Gasteiger partial charge in [0.15, 0.2) is 29.8 Å². The highest BCUT2D eigenvalue weighted by Crippen LogP contribution is 2.46. The van der Waals surface area contributed by atoms with Crippen LogP contribution in [-0.2, 0) is 14.3 Å². The maximum absolute atomic E-state index is 13.8. The van der Waals surface area contributed by atoms with Crippen LogP contribution in [0.4, 0.5) is 13.2 Å². The van der Waals surface area contributed by atoms with E-state index in [2.05, 4.69) is 10.3 Å². The van der Waals surface area contributed by atoms with Gasteiger partial charge in [-0.05, 0) is 25.0 Å². The third kappa shape index (κ3) is 5.21. The Morgan fingerprint density at radius 1 is 1.19 bits per heavy atom. The number of aliphatic hydroxyl groups excluding tert-OH is 2. The number of ether oxygens (including phenoxy) is 2. The number of aliphatic hydroxyl groups is 2. The maximum Gasteiger partial charge on any atom is 0.236 e. The molecule has 0 unspecified atom stereocenters. The predicted molar refractivity (Wildman–Crippen MR) is 117 cm³/mol. The zero-order valence-electron chi connectivity index (χ0n) is 19.5. The van der Waals surface area contributed by atoms with Gasteiger partial charge in [0, 0.05) is 30.6 Å². The molecule has 0 saturated carbocycles. The van der Waals surface area contributed by atoms with Crippen molar-refractivity contribution in [3.8, 4) is 11.3 Å². The number of benzene rings is 1. The molecule has 0 amide bonds. The zero-order chi connectivity index (χ0) is 26.6. The first-order valence-corrected chi connectivity index (χ1v) is 11.5. The SMILES string of the molecule is O=C[O-].OC[C@H]1O[C@@]2(CCCCO2)[C@H]([n+]2ccccc2)[C@H](n2cc(-c3cc(F)c(F)c(F)c3)nn2)[C@H]1O. The fourth-order valence-corrected chi connectivity index (χ4v) is 4.88. The molecule has 2 aliphatic heterocycles. The Bertz CT molecular complexity index is 1190. The van der Waals surface area contributed by atoms with E-state index in [0.717, 1.165) is 25.0 Å². The van der Waals surface area contributed by atoms with Crippen LogP contribution >= 0.6 is 0 Å². The molecule has 0 radical (unpaired) electrons. The van der Waals surface area contributed by atoms with E-state index in [9.17, 15) is 23.4 Å². The van der Waals surface area contributed by atoms with Gasteiger partial charge in [-0.25, -0.2) is 17.9 Å². The van der Waals surface area contributed by atoms with E-state index in [1.165, 1.54) is 10.9 Å². The average Bonchev–Trinajstić information content (AvgIpc) is 3.39. The summed E-state index contributed by atoms with van der Waals surface area (Å²) in [5.41, 5.74) is 0.0860. The van der Waals surface area contributed by atoms with E-state index in [-0.39, 0.29) is 11.3 Å². The minimum atomic E-state index is -1.57. The average molecular weight is 522 g/mol. The zero-order valence-corrected chi connectivity index (χ0v) is 19.5. The van der Waals surface area contributed by atoms with Crippen LogP contribution in [0.3, 0.4) is 0 Å². The third-order valence-corrected chi connectivity index (χ3v) is 6.46. The molecule has 37 heavy (non-hydrogen) atoms. The lowest BCUT2D eigenvalue weighted by Gasteiger charge is -2.49. The molecule has 13 heteroatoms. The molecular formula is C24H25F3N4O6. The van der Waals surface area contributed by atoms with Crippen molar-refractivity contribution in [2.75, 3.05) is 13.2 Å². The predicted octanol–water partition coefficient (Wildman–Crippen LogP) is 0.447. The van der Waals surface area contributed by atoms with Crippen molar-refractivity contribution in [3.05, 3.63) is 66.4 Å². The Morgan fingerprint density at radius 2 is 1.86 bits per heavy atom. The number of nitrogens with zero attached hydrogens (tertiary/aromatic N) is 4. The van der Waals surface area contributed by atoms with Gasteiger partial charge in [-0.15, -0.1) is 5.10 Å². The molecule has 0 bridgehead atoms. The molecular weight excluding hydrogens is 497 g/mol. The molecule has 5 rings (SSSR count). The molecule has 2 fully saturated rings. The third-order valence-electron chi connectivity index (χ3n) is 6.46. The lowest BCUT2D eigenvalue weighted by atomic mass is 9.84. The van der Waals surface area contributed by atoms with Crippen LogP contribution in [0.5, 0.6) is 0 Å². The van der Waals surface area contributed by atoms with Crippen molar-refractivity contribution in [1.82, 2.24) is 15.0 Å². The molecule has 0 aliphatic carbocycles. The summed E-state index contributed by atoms with van der Waals surface area (Å²) in [6.45, 7) is -0.507. The van der Waals surface area contributed by atoms with Crippen LogP contribution in [0.25, 0.3) is 11.3 Å². The van der Waals surface area contributed by atoms with Gasteiger partial charge in [0.25, 0.3) is 0 Å². The molecule has 10 nitrogen and oxygen atoms in total. The second-order valence-electron chi connectivity index (χ2n) is 8.64. The standard InChI is InChI=1S/C23H24F3N4O4.CH2O2/c24-15-10-14(11-16(25)19(15)26)17-12-30(28-27-17)20-21(32)18(13-31)34-23(6-2-5-9-33-23)22(20)29-7-3-1-4-8-29;2-1-3/h1,3-4,7-8,10-12,18,20-22,31-32H,2,5-6,9,13H2;1H,(H,2,3)/q+1;/p-1/t18-,20-,21+,22-,23+;/m1./s1. The lowest BCUT2D eigenvalue weighted by molar-refractivity contribution is -0.761. The Hall–Kier alpha value is -3.39. The Morgan fingerprint density at radius 3 is 2.46 bits per heavy atom. The van der Waals surface area contributed by atoms with Crippen molar-refractivity contribution >= 4 is 6.47 Å². The number of rotatable bonds is 4. The van der Waals surface area contributed by atoms with Crippen molar-refractivity contribution in [2.45, 2.75) is 49.3 Å². The van der Waals surface area contributed by atoms with Gasteiger partial charge in [-0.3, -0.25) is 0 Å². The van der Waals surface area contributed by atoms with Crippen LogP contribution in [-0.4, -0.2) is 62.9 Å². The van der Waals surface area contributed by atoms with Crippen LogP contribution < -0.4 is 9.67 Å². The first kappa shape index (κ1) is 26.7.